The van der Waals surface area contributed by atoms with E-state index in [1.165, 1.54) is 11.3 Å². The van der Waals surface area contributed by atoms with Crippen LogP contribution in [0.1, 0.15) is 46.0 Å². The van der Waals surface area contributed by atoms with Crippen LogP contribution in [0.15, 0.2) is 36.9 Å². The summed E-state index contributed by atoms with van der Waals surface area (Å²) in [5, 5.41) is 3.23. The topological polar surface area (TPSA) is 68.3 Å². The molecule has 1 aliphatic carbocycles. The first-order valence-corrected chi connectivity index (χ1v) is 8.88. The summed E-state index contributed by atoms with van der Waals surface area (Å²) >= 11 is 1.24. The van der Waals surface area contributed by atoms with Gasteiger partial charge in [-0.25, -0.2) is 4.98 Å². The highest BCUT2D eigenvalue weighted by molar-refractivity contribution is 7.17. The first-order chi connectivity index (χ1) is 11.9. The Morgan fingerprint density at radius 2 is 2.16 bits per heavy atom. The van der Waals surface area contributed by atoms with E-state index < -0.39 is 0 Å². The van der Waals surface area contributed by atoms with Gasteiger partial charge in [-0.15, -0.1) is 0 Å². The van der Waals surface area contributed by atoms with E-state index in [-0.39, 0.29) is 17.1 Å². The maximum atomic E-state index is 12.6. The number of carbonyl (C=O) groups excluding carboxylic acids is 2. The quantitative estimate of drug-likeness (QED) is 0.819. The predicted octanol–water partition coefficient (Wildman–Crippen LogP) is 4.12. The minimum Gasteiger partial charge on any atom is -0.489 e. The number of ether oxygens (including phenoxy) is 1. The van der Waals surface area contributed by atoms with Crippen LogP contribution in [0, 0.1) is 5.41 Å². The molecule has 1 amide bonds. The number of nitrogens with one attached hydrogen (secondary N) is 1. The zero-order chi connectivity index (χ0) is 18.0. The van der Waals surface area contributed by atoms with Crippen LogP contribution in [0.25, 0.3) is 0 Å². The molecule has 0 fully saturated rings. The monoisotopic (exact) mass is 356 g/mol. The van der Waals surface area contributed by atoms with Crippen molar-refractivity contribution in [1.82, 2.24) is 4.98 Å². The molecule has 1 N–H and O–H groups in total. The normalized spacial score (nSPS) is 15.4. The Morgan fingerprint density at radius 1 is 1.40 bits per heavy atom. The molecule has 2 aromatic rings. The van der Waals surface area contributed by atoms with Gasteiger partial charge in [0, 0.05) is 6.42 Å². The van der Waals surface area contributed by atoms with Gasteiger partial charge in [0.25, 0.3) is 5.91 Å². The highest BCUT2D eigenvalue weighted by Crippen LogP contribution is 2.38. The van der Waals surface area contributed by atoms with Crippen LogP contribution >= 0.6 is 11.3 Å². The zero-order valence-corrected chi connectivity index (χ0v) is 15.1. The lowest BCUT2D eigenvalue weighted by Crippen LogP contribution is -2.26. The molecule has 0 saturated heterocycles. The van der Waals surface area contributed by atoms with Crippen LogP contribution in [-0.2, 0) is 6.42 Å². The Labute approximate surface area is 150 Å². The molecule has 0 atom stereocenters. The first-order valence-electron chi connectivity index (χ1n) is 8.06. The molecule has 0 spiro atoms. The van der Waals surface area contributed by atoms with Crippen molar-refractivity contribution in [3.63, 3.8) is 0 Å². The van der Waals surface area contributed by atoms with Gasteiger partial charge >= 0.3 is 0 Å². The highest BCUT2D eigenvalue weighted by Gasteiger charge is 2.34. The van der Waals surface area contributed by atoms with Gasteiger partial charge in [0.15, 0.2) is 10.9 Å². The fraction of sp³-hybridized carbons (Fsp3) is 0.316. The number of rotatable bonds is 5. The van der Waals surface area contributed by atoms with Gasteiger partial charge in [-0.05, 0) is 24.0 Å². The number of anilines is 1. The average Bonchev–Trinajstić information content (AvgIpc) is 2.94. The Morgan fingerprint density at radius 3 is 2.92 bits per heavy atom. The lowest BCUT2D eigenvalue weighted by atomic mass is 9.78. The van der Waals surface area contributed by atoms with E-state index in [4.69, 9.17) is 4.74 Å². The van der Waals surface area contributed by atoms with Crippen molar-refractivity contribution in [1.29, 1.82) is 0 Å². The van der Waals surface area contributed by atoms with Gasteiger partial charge in [-0.2, -0.15) is 0 Å². The van der Waals surface area contributed by atoms with Gasteiger partial charge < -0.3 is 4.74 Å². The van der Waals surface area contributed by atoms with Gasteiger partial charge in [-0.3, -0.25) is 14.9 Å². The molecule has 130 valence electrons. The number of para-hydroxylation sites is 1. The van der Waals surface area contributed by atoms with E-state index in [0.29, 0.717) is 34.3 Å². The summed E-state index contributed by atoms with van der Waals surface area (Å²) in [6.07, 6.45) is 2.87. The standard InChI is InChI=1S/C19H20N2O3S/c1-4-9-24-15-8-6-5-7-12(15)17(23)21-18-20-13-10-19(2,3)11-14(22)16(13)25-18/h4-8H,1,9-11H2,2-3H3,(H,20,21,23). The molecule has 1 aromatic heterocycles. The Kier molecular flexibility index (Phi) is 4.72. The second kappa shape index (κ2) is 6.80. The number of Topliss-reactive ketones (excluding diaryl/α,β-unsaturated/α-hetero) is 1. The summed E-state index contributed by atoms with van der Waals surface area (Å²) in [6.45, 7) is 8.04. The predicted molar refractivity (Wildman–Crippen MR) is 98.6 cm³/mol. The van der Waals surface area contributed by atoms with Crippen LogP contribution in [0.3, 0.4) is 0 Å². The van der Waals surface area contributed by atoms with E-state index in [9.17, 15) is 9.59 Å². The Hall–Kier alpha value is -2.47. The van der Waals surface area contributed by atoms with Gasteiger partial charge in [0.2, 0.25) is 0 Å². The summed E-state index contributed by atoms with van der Waals surface area (Å²) < 4.78 is 5.52. The lowest BCUT2D eigenvalue weighted by Gasteiger charge is -2.26. The van der Waals surface area contributed by atoms with Crippen LogP contribution in [-0.4, -0.2) is 23.3 Å². The molecule has 1 aromatic carbocycles. The van der Waals surface area contributed by atoms with E-state index in [0.717, 1.165) is 12.1 Å². The fourth-order valence-corrected chi connectivity index (χ4v) is 3.78. The summed E-state index contributed by atoms with van der Waals surface area (Å²) in [4.78, 5) is 30.0. The van der Waals surface area contributed by atoms with E-state index in [2.05, 4.69) is 30.7 Å². The minimum absolute atomic E-state index is 0.0927. The van der Waals surface area contributed by atoms with E-state index in [1.807, 2.05) is 0 Å². The summed E-state index contributed by atoms with van der Waals surface area (Å²) in [5.41, 5.74) is 1.10. The maximum absolute atomic E-state index is 12.6. The zero-order valence-electron chi connectivity index (χ0n) is 14.3. The van der Waals surface area contributed by atoms with Crippen molar-refractivity contribution in [2.75, 3.05) is 11.9 Å². The van der Waals surface area contributed by atoms with Crippen molar-refractivity contribution >= 4 is 28.2 Å². The molecule has 0 aliphatic heterocycles. The maximum Gasteiger partial charge on any atom is 0.261 e. The number of carbonyl (C=O) groups is 2. The molecule has 6 heteroatoms. The number of hydrogen-bond acceptors (Lipinski definition) is 5. The van der Waals surface area contributed by atoms with Crippen LogP contribution in [0.5, 0.6) is 5.75 Å². The highest BCUT2D eigenvalue weighted by atomic mass is 32.1. The third-order valence-corrected chi connectivity index (χ3v) is 5.00. The number of nitrogens with zero attached hydrogens (tertiary/aromatic N) is 1. The van der Waals surface area contributed by atoms with Gasteiger partial charge in [0.05, 0.1) is 16.1 Å². The summed E-state index contributed by atoms with van der Waals surface area (Å²) in [7, 11) is 0. The van der Waals surface area contributed by atoms with Gasteiger partial charge in [-0.1, -0.05) is 50.0 Å². The van der Waals surface area contributed by atoms with Crippen molar-refractivity contribution in [2.24, 2.45) is 5.41 Å². The first kappa shape index (κ1) is 17.4. The third kappa shape index (κ3) is 3.79. The van der Waals surface area contributed by atoms with E-state index in [1.54, 1.807) is 30.3 Å². The van der Waals surface area contributed by atoms with Crippen molar-refractivity contribution in [3.8, 4) is 5.75 Å². The summed E-state index contributed by atoms with van der Waals surface area (Å²) in [6, 6.07) is 7.00. The molecule has 0 radical (unpaired) electrons. The molecule has 3 rings (SSSR count). The molecule has 1 heterocycles. The molecule has 0 bridgehead atoms. The van der Waals surface area contributed by atoms with Gasteiger partial charge in [0.1, 0.15) is 12.4 Å². The van der Waals surface area contributed by atoms with Crippen LogP contribution in [0.4, 0.5) is 5.13 Å². The molecule has 25 heavy (non-hydrogen) atoms. The fourth-order valence-electron chi connectivity index (χ4n) is 2.87. The van der Waals surface area contributed by atoms with Crippen molar-refractivity contribution in [3.05, 3.63) is 53.1 Å². The lowest BCUT2D eigenvalue weighted by molar-refractivity contribution is 0.0915. The largest absolute Gasteiger partial charge is 0.489 e. The number of fused-ring (bicyclic) bond motifs is 1. The van der Waals surface area contributed by atoms with Crippen LogP contribution < -0.4 is 10.1 Å². The molecule has 1 aliphatic rings. The SMILES string of the molecule is C=CCOc1ccccc1C(=O)Nc1nc2c(s1)C(=O)CC(C)(C)C2. The van der Waals surface area contributed by atoms with Crippen LogP contribution in [0.2, 0.25) is 0 Å². The number of benzene rings is 1. The number of thiazole rings is 1. The molecule has 0 saturated carbocycles. The second-order valence-electron chi connectivity index (χ2n) is 6.79. The summed E-state index contributed by atoms with van der Waals surface area (Å²) in [5.74, 6) is 0.273. The Balaban J connectivity index is 1.81. The number of amides is 1. The second-order valence-corrected chi connectivity index (χ2v) is 7.78. The number of ketones is 1. The molecular formula is C19H20N2O3S. The number of hydrogen-bond donors (Lipinski definition) is 1. The average molecular weight is 356 g/mol. The molecular weight excluding hydrogens is 336 g/mol. The third-order valence-electron chi connectivity index (χ3n) is 3.94. The van der Waals surface area contributed by atoms with E-state index >= 15 is 0 Å². The molecule has 5 nitrogen and oxygen atoms in total. The molecule has 0 unspecified atom stereocenters. The number of aromatic nitrogens is 1. The van der Waals surface area contributed by atoms with Crippen molar-refractivity contribution in [2.45, 2.75) is 26.7 Å². The minimum atomic E-state index is -0.308. The Bertz CT molecular complexity index is 839. The smallest absolute Gasteiger partial charge is 0.261 e. The van der Waals surface area contributed by atoms with Crippen molar-refractivity contribution < 1.29 is 14.3 Å².